The maximum absolute atomic E-state index is 11.8. The lowest BCUT2D eigenvalue weighted by molar-refractivity contribution is -0.174. The van der Waals surface area contributed by atoms with Crippen LogP contribution < -0.4 is 5.32 Å². The van der Waals surface area contributed by atoms with Crippen molar-refractivity contribution in [2.75, 3.05) is 33.5 Å². The fourth-order valence-electron chi connectivity index (χ4n) is 1.41. The van der Waals surface area contributed by atoms with Crippen molar-refractivity contribution in [2.45, 2.75) is 38.4 Å². The largest absolute Gasteiger partial charge is 0.411 e. The molecule has 0 amide bonds. The molecule has 0 aromatic rings. The van der Waals surface area contributed by atoms with Gasteiger partial charge in [0.15, 0.2) is 0 Å². The van der Waals surface area contributed by atoms with E-state index >= 15 is 0 Å². The Kier molecular flexibility index (Phi) is 9.49. The van der Waals surface area contributed by atoms with Gasteiger partial charge in [0.05, 0.1) is 6.61 Å². The Morgan fingerprint density at radius 1 is 1.29 bits per heavy atom. The lowest BCUT2D eigenvalue weighted by Gasteiger charge is -2.17. The van der Waals surface area contributed by atoms with Crippen LogP contribution >= 0.6 is 0 Å². The van der Waals surface area contributed by atoms with Gasteiger partial charge in [-0.2, -0.15) is 13.2 Å². The summed E-state index contributed by atoms with van der Waals surface area (Å²) in [7, 11) is 1.61. The molecule has 0 fully saturated rings. The Morgan fingerprint density at radius 3 is 2.53 bits per heavy atom. The van der Waals surface area contributed by atoms with E-state index in [1.807, 2.05) is 0 Å². The zero-order chi connectivity index (χ0) is 13.1. The maximum atomic E-state index is 11.8. The molecule has 0 aromatic heterocycles. The second-order valence-electron chi connectivity index (χ2n) is 3.92. The van der Waals surface area contributed by atoms with Gasteiger partial charge in [-0.05, 0) is 25.8 Å². The summed E-state index contributed by atoms with van der Waals surface area (Å²) in [6.45, 7) is 2.48. The van der Waals surface area contributed by atoms with Gasteiger partial charge in [-0.1, -0.05) is 6.92 Å². The molecule has 1 N–H and O–H groups in total. The highest BCUT2D eigenvalue weighted by atomic mass is 19.4. The minimum atomic E-state index is -4.23. The summed E-state index contributed by atoms with van der Waals surface area (Å²) in [6.07, 6.45) is -1.86. The van der Waals surface area contributed by atoms with Crippen molar-refractivity contribution in [2.24, 2.45) is 0 Å². The molecular weight excluding hydrogens is 235 g/mol. The number of hydrogen-bond acceptors (Lipinski definition) is 3. The summed E-state index contributed by atoms with van der Waals surface area (Å²) in [5, 5.41) is 3.27. The first-order valence-corrected chi connectivity index (χ1v) is 5.86. The Bertz CT molecular complexity index is 177. The molecule has 1 unspecified atom stereocenters. The lowest BCUT2D eigenvalue weighted by Crippen LogP contribution is -2.34. The number of halogens is 3. The highest BCUT2D eigenvalue weighted by molar-refractivity contribution is 4.65. The molecule has 1 atom stereocenters. The SMILES string of the molecule is CCCNC(CCCOCC(F)(F)F)COC. The van der Waals surface area contributed by atoms with Crippen LogP contribution in [0.1, 0.15) is 26.2 Å². The number of rotatable bonds is 10. The maximum Gasteiger partial charge on any atom is 0.411 e. The van der Waals surface area contributed by atoms with E-state index in [9.17, 15) is 13.2 Å². The smallest absolute Gasteiger partial charge is 0.383 e. The normalized spacial score (nSPS) is 13.9. The molecule has 3 nitrogen and oxygen atoms in total. The van der Waals surface area contributed by atoms with Crippen LogP contribution in [-0.4, -0.2) is 45.7 Å². The van der Waals surface area contributed by atoms with Crippen LogP contribution in [0.25, 0.3) is 0 Å². The molecule has 17 heavy (non-hydrogen) atoms. The third-order valence-corrected chi connectivity index (χ3v) is 2.16. The van der Waals surface area contributed by atoms with Gasteiger partial charge in [-0.25, -0.2) is 0 Å². The zero-order valence-electron chi connectivity index (χ0n) is 10.5. The average Bonchev–Trinajstić information content (AvgIpc) is 2.23. The van der Waals surface area contributed by atoms with Crippen LogP contribution in [0.3, 0.4) is 0 Å². The van der Waals surface area contributed by atoms with Gasteiger partial charge in [-0.3, -0.25) is 0 Å². The van der Waals surface area contributed by atoms with E-state index in [4.69, 9.17) is 4.74 Å². The topological polar surface area (TPSA) is 30.5 Å². The predicted molar refractivity (Wildman–Crippen MR) is 60.1 cm³/mol. The molecular formula is C11H22F3NO2. The molecule has 6 heteroatoms. The molecule has 0 aliphatic carbocycles. The van der Waals surface area contributed by atoms with Crippen LogP contribution in [0.4, 0.5) is 13.2 Å². The minimum absolute atomic E-state index is 0.132. The number of methoxy groups -OCH3 is 1. The predicted octanol–water partition coefficient (Wildman–Crippen LogP) is 2.36. The fourth-order valence-corrected chi connectivity index (χ4v) is 1.41. The van der Waals surface area contributed by atoms with Crippen molar-refractivity contribution in [1.82, 2.24) is 5.32 Å². The van der Waals surface area contributed by atoms with E-state index in [0.29, 0.717) is 13.0 Å². The van der Waals surface area contributed by atoms with Crippen LogP contribution in [0.5, 0.6) is 0 Å². The Labute approximate surface area is 101 Å². The van der Waals surface area contributed by atoms with Crippen molar-refractivity contribution < 1.29 is 22.6 Å². The number of alkyl halides is 3. The van der Waals surface area contributed by atoms with Gasteiger partial charge in [0.1, 0.15) is 6.61 Å². The molecule has 0 aliphatic heterocycles. The second kappa shape index (κ2) is 9.67. The van der Waals surface area contributed by atoms with Gasteiger partial charge in [-0.15, -0.1) is 0 Å². The Hall–Kier alpha value is -0.330. The Balaban J connectivity index is 3.53. The number of ether oxygens (including phenoxy) is 2. The zero-order valence-corrected chi connectivity index (χ0v) is 10.5. The first-order chi connectivity index (χ1) is 7.99. The van der Waals surface area contributed by atoms with E-state index in [1.54, 1.807) is 7.11 Å². The van der Waals surface area contributed by atoms with Gasteiger partial charge in [0.2, 0.25) is 0 Å². The average molecular weight is 257 g/mol. The van der Waals surface area contributed by atoms with E-state index in [1.165, 1.54) is 0 Å². The van der Waals surface area contributed by atoms with E-state index in [-0.39, 0.29) is 12.6 Å². The van der Waals surface area contributed by atoms with Crippen LogP contribution in [0.2, 0.25) is 0 Å². The van der Waals surface area contributed by atoms with E-state index < -0.39 is 12.8 Å². The molecule has 0 aromatic carbocycles. The molecule has 0 spiro atoms. The van der Waals surface area contributed by atoms with Crippen molar-refractivity contribution >= 4 is 0 Å². The van der Waals surface area contributed by atoms with Crippen LogP contribution in [-0.2, 0) is 9.47 Å². The molecule has 0 saturated heterocycles. The molecule has 0 rings (SSSR count). The van der Waals surface area contributed by atoms with Gasteiger partial charge in [0.25, 0.3) is 0 Å². The Morgan fingerprint density at radius 2 is 2.00 bits per heavy atom. The summed E-state index contributed by atoms with van der Waals surface area (Å²) in [6, 6.07) is 0.189. The first-order valence-electron chi connectivity index (χ1n) is 5.86. The van der Waals surface area contributed by atoms with Crippen molar-refractivity contribution in [1.29, 1.82) is 0 Å². The van der Waals surface area contributed by atoms with Gasteiger partial charge in [0, 0.05) is 19.8 Å². The highest BCUT2D eigenvalue weighted by Gasteiger charge is 2.27. The quantitative estimate of drug-likeness (QED) is 0.609. The van der Waals surface area contributed by atoms with Gasteiger partial charge < -0.3 is 14.8 Å². The molecule has 0 bridgehead atoms. The van der Waals surface area contributed by atoms with E-state index in [0.717, 1.165) is 19.4 Å². The summed E-state index contributed by atoms with van der Waals surface area (Å²) >= 11 is 0. The van der Waals surface area contributed by atoms with Crippen molar-refractivity contribution in [3.8, 4) is 0 Å². The molecule has 0 radical (unpaired) electrons. The fraction of sp³-hybridized carbons (Fsp3) is 1.00. The summed E-state index contributed by atoms with van der Waals surface area (Å²) in [5.41, 5.74) is 0. The molecule has 0 saturated carbocycles. The monoisotopic (exact) mass is 257 g/mol. The van der Waals surface area contributed by atoms with E-state index in [2.05, 4.69) is 17.0 Å². The third-order valence-electron chi connectivity index (χ3n) is 2.16. The number of hydrogen-bond donors (Lipinski definition) is 1. The second-order valence-corrected chi connectivity index (χ2v) is 3.92. The lowest BCUT2D eigenvalue weighted by atomic mass is 10.1. The van der Waals surface area contributed by atoms with Crippen LogP contribution in [0.15, 0.2) is 0 Å². The number of nitrogens with one attached hydrogen (secondary N) is 1. The third kappa shape index (κ3) is 11.9. The van der Waals surface area contributed by atoms with Crippen LogP contribution in [0, 0.1) is 0 Å². The van der Waals surface area contributed by atoms with Crippen molar-refractivity contribution in [3.63, 3.8) is 0 Å². The highest BCUT2D eigenvalue weighted by Crippen LogP contribution is 2.14. The standard InChI is InChI=1S/C11H22F3NO2/c1-3-6-15-10(8-16-2)5-4-7-17-9-11(12,13)14/h10,15H,3-9H2,1-2H3. The molecule has 0 heterocycles. The molecule has 104 valence electrons. The summed E-state index contributed by atoms with van der Waals surface area (Å²) in [4.78, 5) is 0. The molecule has 0 aliphatic rings. The summed E-state index contributed by atoms with van der Waals surface area (Å²) < 4.78 is 44.9. The first kappa shape index (κ1) is 16.7. The summed E-state index contributed by atoms with van der Waals surface area (Å²) in [5.74, 6) is 0. The minimum Gasteiger partial charge on any atom is -0.383 e. The van der Waals surface area contributed by atoms with Crippen molar-refractivity contribution in [3.05, 3.63) is 0 Å². The van der Waals surface area contributed by atoms with Gasteiger partial charge >= 0.3 is 6.18 Å².